The molecule has 0 bridgehead atoms. The summed E-state index contributed by atoms with van der Waals surface area (Å²) in [6.07, 6.45) is 5.75. The number of hydrogen-bond donors (Lipinski definition) is 2. The monoisotopic (exact) mass is 379 g/mol. The van der Waals surface area contributed by atoms with Crippen molar-refractivity contribution in [1.82, 2.24) is 9.97 Å². The van der Waals surface area contributed by atoms with Crippen LogP contribution in [0.3, 0.4) is 0 Å². The molecule has 0 radical (unpaired) electrons. The number of carbonyl (C=O) groups excluding carboxylic acids is 1. The molecule has 6 heteroatoms. The van der Waals surface area contributed by atoms with E-state index in [4.69, 9.17) is 10.5 Å². The van der Waals surface area contributed by atoms with Crippen LogP contribution in [0.4, 0.5) is 4.79 Å². The molecular formula is C17H22BrN3O2. The molecule has 23 heavy (non-hydrogen) atoms. The number of unbranched alkanes of at least 4 members (excludes halogenated alkanes) is 3. The van der Waals surface area contributed by atoms with Crippen molar-refractivity contribution in [1.29, 1.82) is 0 Å². The van der Waals surface area contributed by atoms with Crippen LogP contribution in [0, 0.1) is 0 Å². The van der Waals surface area contributed by atoms with Crippen molar-refractivity contribution in [3.05, 3.63) is 40.8 Å². The quantitative estimate of drug-likeness (QED) is 0.636. The Labute approximate surface area is 144 Å². The van der Waals surface area contributed by atoms with Gasteiger partial charge in [0.05, 0.1) is 5.69 Å². The Bertz CT molecular complexity index is 642. The Hall–Kier alpha value is -1.82. The predicted molar refractivity (Wildman–Crippen MR) is 93.9 cm³/mol. The third-order valence-electron chi connectivity index (χ3n) is 3.60. The van der Waals surface area contributed by atoms with Gasteiger partial charge in [-0.3, -0.25) is 0 Å². The van der Waals surface area contributed by atoms with Gasteiger partial charge in [0.1, 0.15) is 5.82 Å². The maximum atomic E-state index is 11.1. The van der Waals surface area contributed by atoms with Crippen molar-refractivity contribution in [2.45, 2.75) is 45.1 Å². The zero-order valence-electron chi connectivity index (χ0n) is 13.2. The van der Waals surface area contributed by atoms with Crippen molar-refractivity contribution in [3.8, 4) is 11.3 Å². The van der Waals surface area contributed by atoms with Gasteiger partial charge in [0.15, 0.2) is 6.10 Å². The van der Waals surface area contributed by atoms with E-state index >= 15 is 0 Å². The van der Waals surface area contributed by atoms with Gasteiger partial charge in [-0.1, -0.05) is 54.2 Å². The van der Waals surface area contributed by atoms with Gasteiger partial charge in [-0.15, -0.1) is 0 Å². The van der Waals surface area contributed by atoms with Crippen LogP contribution in [0.15, 0.2) is 34.9 Å². The second-order valence-electron chi connectivity index (χ2n) is 5.46. The molecule has 0 spiro atoms. The van der Waals surface area contributed by atoms with Crippen LogP contribution in [0.5, 0.6) is 0 Å². The van der Waals surface area contributed by atoms with E-state index in [-0.39, 0.29) is 0 Å². The van der Waals surface area contributed by atoms with Crippen LogP contribution < -0.4 is 5.73 Å². The lowest BCUT2D eigenvalue weighted by molar-refractivity contribution is 0.0947. The number of nitrogens with two attached hydrogens (primary N) is 1. The fraction of sp³-hybridized carbons (Fsp3) is 0.412. The molecule has 0 saturated carbocycles. The summed E-state index contributed by atoms with van der Waals surface area (Å²) >= 11 is 3.45. The molecule has 1 unspecified atom stereocenters. The van der Waals surface area contributed by atoms with Gasteiger partial charge in [0, 0.05) is 16.2 Å². The third kappa shape index (κ3) is 5.39. The molecule has 0 aliphatic heterocycles. The third-order valence-corrected chi connectivity index (χ3v) is 4.09. The maximum absolute atomic E-state index is 11.1. The SMILES string of the molecule is CCCCCCC(OC(N)=O)c1nc(-c2cccc(Br)c2)c[nH]1. The average Bonchev–Trinajstić information content (AvgIpc) is 3.00. The van der Waals surface area contributed by atoms with E-state index in [0.29, 0.717) is 12.2 Å². The number of halogens is 1. The number of rotatable bonds is 8. The standard InChI is InChI=1S/C17H22BrN3O2/c1-2-3-4-5-9-15(23-17(19)22)16-20-11-14(21-16)12-7-6-8-13(18)10-12/h6-8,10-11,15H,2-5,9H2,1H3,(H2,19,22)(H,20,21). The Morgan fingerprint density at radius 3 is 2.91 bits per heavy atom. The molecule has 0 saturated heterocycles. The van der Waals surface area contributed by atoms with Crippen molar-refractivity contribution >= 4 is 22.0 Å². The summed E-state index contributed by atoms with van der Waals surface area (Å²) in [6.45, 7) is 2.16. The van der Waals surface area contributed by atoms with Gasteiger partial charge in [-0.2, -0.15) is 0 Å². The highest BCUT2D eigenvalue weighted by Crippen LogP contribution is 2.26. The topological polar surface area (TPSA) is 81.0 Å². The average molecular weight is 380 g/mol. The second kappa shape index (κ2) is 8.72. The van der Waals surface area contributed by atoms with Crippen LogP contribution in [0.1, 0.15) is 51.0 Å². The summed E-state index contributed by atoms with van der Waals surface area (Å²) in [7, 11) is 0. The summed E-state index contributed by atoms with van der Waals surface area (Å²) in [4.78, 5) is 18.8. The molecule has 1 aromatic heterocycles. The lowest BCUT2D eigenvalue weighted by Crippen LogP contribution is -2.18. The minimum absolute atomic E-state index is 0.426. The van der Waals surface area contributed by atoms with E-state index in [1.165, 1.54) is 6.42 Å². The fourth-order valence-corrected chi connectivity index (χ4v) is 2.84. The van der Waals surface area contributed by atoms with Gasteiger partial charge >= 0.3 is 6.09 Å². The predicted octanol–water partition coefficient (Wildman–Crippen LogP) is 4.95. The first-order valence-electron chi connectivity index (χ1n) is 7.87. The number of aromatic nitrogens is 2. The molecule has 3 N–H and O–H groups in total. The molecule has 2 rings (SSSR count). The van der Waals surface area contributed by atoms with Crippen LogP contribution in [-0.4, -0.2) is 16.1 Å². The minimum Gasteiger partial charge on any atom is -0.438 e. The number of aromatic amines is 1. The molecule has 1 aromatic carbocycles. The Balaban J connectivity index is 2.11. The number of primary amides is 1. The molecule has 0 fully saturated rings. The Morgan fingerprint density at radius 2 is 2.22 bits per heavy atom. The van der Waals surface area contributed by atoms with E-state index in [2.05, 4.69) is 32.8 Å². The fourth-order valence-electron chi connectivity index (χ4n) is 2.45. The first-order valence-corrected chi connectivity index (χ1v) is 8.66. The number of amides is 1. The van der Waals surface area contributed by atoms with E-state index in [1.807, 2.05) is 30.5 Å². The molecule has 1 atom stereocenters. The molecule has 0 aliphatic carbocycles. The molecule has 5 nitrogen and oxygen atoms in total. The summed E-state index contributed by atoms with van der Waals surface area (Å²) in [6, 6.07) is 7.89. The van der Waals surface area contributed by atoms with E-state index in [9.17, 15) is 4.79 Å². The first kappa shape index (κ1) is 17.5. The largest absolute Gasteiger partial charge is 0.438 e. The van der Waals surface area contributed by atoms with E-state index in [0.717, 1.165) is 35.0 Å². The zero-order chi connectivity index (χ0) is 16.7. The number of carbonyl (C=O) groups is 1. The summed E-state index contributed by atoms with van der Waals surface area (Å²) in [5.41, 5.74) is 6.99. The number of benzene rings is 1. The number of ether oxygens (including phenoxy) is 1. The van der Waals surface area contributed by atoms with Crippen molar-refractivity contribution in [2.24, 2.45) is 5.73 Å². The van der Waals surface area contributed by atoms with E-state index < -0.39 is 12.2 Å². The van der Waals surface area contributed by atoms with Crippen LogP contribution in [-0.2, 0) is 4.74 Å². The summed E-state index contributed by atoms with van der Waals surface area (Å²) in [5.74, 6) is 0.635. The van der Waals surface area contributed by atoms with Crippen LogP contribution >= 0.6 is 15.9 Å². The number of nitrogens with one attached hydrogen (secondary N) is 1. The Kier molecular flexibility index (Phi) is 6.65. The summed E-state index contributed by atoms with van der Waals surface area (Å²) in [5, 5.41) is 0. The molecule has 2 aromatic rings. The number of imidazole rings is 1. The molecule has 124 valence electrons. The van der Waals surface area contributed by atoms with Gasteiger partial charge in [-0.05, 0) is 25.0 Å². The van der Waals surface area contributed by atoms with Crippen LogP contribution in [0.2, 0.25) is 0 Å². The smallest absolute Gasteiger partial charge is 0.405 e. The number of nitrogens with zero attached hydrogens (tertiary/aromatic N) is 1. The highest BCUT2D eigenvalue weighted by molar-refractivity contribution is 9.10. The highest BCUT2D eigenvalue weighted by atomic mass is 79.9. The second-order valence-corrected chi connectivity index (χ2v) is 6.37. The lowest BCUT2D eigenvalue weighted by atomic mass is 10.1. The summed E-state index contributed by atoms with van der Waals surface area (Å²) < 4.78 is 6.22. The maximum Gasteiger partial charge on any atom is 0.405 e. The molecule has 0 aliphatic rings. The zero-order valence-corrected chi connectivity index (χ0v) is 14.8. The number of H-pyrrole nitrogens is 1. The number of hydrogen-bond acceptors (Lipinski definition) is 3. The highest BCUT2D eigenvalue weighted by Gasteiger charge is 2.19. The minimum atomic E-state index is -0.772. The van der Waals surface area contributed by atoms with Crippen LogP contribution in [0.25, 0.3) is 11.3 Å². The van der Waals surface area contributed by atoms with Gasteiger partial charge in [0.25, 0.3) is 0 Å². The molecule has 1 heterocycles. The van der Waals surface area contributed by atoms with Gasteiger partial charge in [0.2, 0.25) is 0 Å². The van der Waals surface area contributed by atoms with E-state index in [1.54, 1.807) is 0 Å². The van der Waals surface area contributed by atoms with Crippen molar-refractivity contribution in [3.63, 3.8) is 0 Å². The van der Waals surface area contributed by atoms with Gasteiger partial charge in [-0.25, -0.2) is 9.78 Å². The normalized spacial score (nSPS) is 12.1. The molecular weight excluding hydrogens is 358 g/mol. The van der Waals surface area contributed by atoms with Crippen molar-refractivity contribution in [2.75, 3.05) is 0 Å². The Morgan fingerprint density at radius 1 is 1.39 bits per heavy atom. The lowest BCUT2D eigenvalue weighted by Gasteiger charge is -2.14. The first-order chi connectivity index (χ1) is 11.1. The van der Waals surface area contributed by atoms with Gasteiger partial charge < -0.3 is 15.5 Å². The van der Waals surface area contributed by atoms with Crippen molar-refractivity contribution < 1.29 is 9.53 Å². The molecule has 1 amide bonds.